The predicted molar refractivity (Wildman–Crippen MR) is 50.5 cm³/mol. The Morgan fingerprint density at radius 3 is 2.46 bits per heavy atom. The summed E-state index contributed by atoms with van der Waals surface area (Å²) in [6.45, 7) is 4.16. The molecule has 0 aliphatic carbocycles. The molecule has 0 saturated carbocycles. The predicted octanol–water partition coefficient (Wildman–Crippen LogP) is 0.851. The van der Waals surface area contributed by atoms with Crippen LogP contribution in [0.25, 0.3) is 0 Å². The van der Waals surface area contributed by atoms with Crippen LogP contribution in [-0.2, 0) is 9.53 Å². The van der Waals surface area contributed by atoms with E-state index in [1.165, 1.54) is 0 Å². The molecule has 78 valence electrons. The molecule has 3 N–H and O–H groups in total. The van der Waals surface area contributed by atoms with E-state index in [-0.39, 0.29) is 12.5 Å². The van der Waals surface area contributed by atoms with E-state index in [1.807, 2.05) is 13.8 Å². The molecule has 0 bridgehead atoms. The lowest BCUT2D eigenvalue weighted by molar-refractivity contribution is -0.141. The molecule has 0 saturated heterocycles. The van der Waals surface area contributed by atoms with Crippen LogP contribution in [0.4, 0.5) is 0 Å². The minimum atomic E-state index is -0.823. The van der Waals surface area contributed by atoms with Gasteiger partial charge >= 0.3 is 5.97 Å². The Kier molecular flexibility index (Phi) is 4.95. The molecule has 4 heteroatoms. The zero-order valence-electron chi connectivity index (χ0n) is 8.54. The third-order valence-corrected chi connectivity index (χ3v) is 2.61. The minimum absolute atomic E-state index is 0.0645. The van der Waals surface area contributed by atoms with Gasteiger partial charge in [-0.1, -0.05) is 6.92 Å². The maximum absolute atomic E-state index is 10.6. The number of carboxylic acid groups (broad SMARTS) is 1. The van der Waals surface area contributed by atoms with Gasteiger partial charge in [-0.2, -0.15) is 0 Å². The van der Waals surface area contributed by atoms with Crippen LogP contribution < -0.4 is 5.73 Å². The molecule has 0 aliphatic rings. The van der Waals surface area contributed by atoms with Gasteiger partial charge in [0.1, 0.15) is 0 Å². The zero-order valence-corrected chi connectivity index (χ0v) is 8.54. The molecular weight excluding hydrogens is 170 g/mol. The Balaban J connectivity index is 4.53. The first kappa shape index (κ1) is 12.4. The van der Waals surface area contributed by atoms with Crippen molar-refractivity contribution in [1.82, 2.24) is 0 Å². The van der Waals surface area contributed by atoms with E-state index in [9.17, 15) is 4.79 Å². The molecule has 4 nitrogen and oxygen atoms in total. The summed E-state index contributed by atoms with van der Waals surface area (Å²) in [5.74, 6) is -0.823. The molecule has 0 aromatic rings. The summed E-state index contributed by atoms with van der Waals surface area (Å²) in [6.07, 6.45) is 0.778. The number of carboxylic acids is 1. The van der Waals surface area contributed by atoms with E-state index in [1.54, 1.807) is 7.11 Å². The van der Waals surface area contributed by atoms with Crippen molar-refractivity contribution < 1.29 is 14.6 Å². The van der Waals surface area contributed by atoms with Gasteiger partial charge in [0.2, 0.25) is 0 Å². The number of methoxy groups -OCH3 is 1. The van der Waals surface area contributed by atoms with Gasteiger partial charge in [-0.25, -0.2) is 0 Å². The highest BCUT2D eigenvalue weighted by molar-refractivity contribution is 5.67. The second-order valence-electron chi connectivity index (χ2n) is 3.51. The summed E-state index contributed by atoms with van der Waals surface area (Å²) in [5.41, 5.74) is 5.34. The van der Waals surface area contributed by atoms with Gasteiger partial charge in [0.05, 0.1) is 13.0 Å². The van der Waals surface area contributed by atoms with Crippen molar-refractivity contribution in [2.45, 2.75) is 32.7 Å². The van der Waals surface area contributed by atoms with Gasteiger partial charge < -0.3 is 15.6 Å². The van der Waals surface area contributed by atoms with E-state index < -0.39 is 11.4 Å². The normalized spacial score (nSPS) is 17.8. The SMILES string of the molecule is CCC(COC)(CC(=O)O)C(C)N. The van der Waals surface area contributed by atoms with Crippen LogP contribution in [0, 0.1) is 5.41 Å². The molecule has 0 fully saturated rings. The first-order valence-electron chi connectivity index (χ1n) is 4.45. The van der Waals surface area contributed by atoms with Crippen molar-refractivity contribution in [3.63, 3.8) is 0 Å². The van der Waals surface area contributed by atoms with E-state index >= 15 is 0 Å². The fourth-order valence-electron chi connectivity index (χ4n) is 1.48. The van der Waals surface area contributed by atoms with Crippen molar-refractivity contribution in [1.29, 1.82) is 0 Å². The first-order chi connectivity index (χ1) is 5.98. The second-order valence-corrected chi connectivity index (χ2v) is 3.51. The number of nitrogens with two attached hydrogens (primary N) is 1. The summed E-state index contributed by atoms with van der Waals surface area (Å²) in [4.78, 5) is 10.6. The minimum Gasteiger partial charge on any atom is -0.481 e. The number of rotatable bonds is 6. The third-order valence-electron chi connectivity index (χ3n) is 2.61. The van der Waals surface area contributed by atoms with Gasteiger partial charge in [-0.15, -0.1) is 0 Å². The molecule has 0 heterocycles. The van der Waals surface area contributed by atoms with E-state index in [0.717, 1.165) is 0 Å². The summed E-state index contributed by atoms with van der Waals surface area (Å²) in [7, 11) is 1.56. The van der Waals surface area contributed by atoms with Crippen molar-refractivity contribution >= 4 is 5.97 Å². The molecule has 2 atom stereocenters. The van der Waals surface area contributed by atoms with E-state index in [0.29, 0.717) is 13.0 Å². The Morgan fingerprint density at radius 2 is 2.23 bits per heavy atom. The van der Waals surface area contributed by atoms with Gasteiger partial charge in [0, 0.05) is 18.6 Å². The Morgan fingerprint density at radius 1 is 1.69 bits per heavy atom. The number of ether oxygens (including phenoxy) is 1. The van der Waals surface area contributed by atoms with Crippen LogP contribution >= 0.6 is 0 Å². The number of hydrogen-bond donors (Lipinski definition) is 2. The molecule has 0 spiro atoms. The third kappa shape index (κ3) is 3.32. The smallest absolute Gasteiger partial charge is 0.304 e. The molecule has 13 heavy (non-hydrogen) atoms. The highest BCUT2D eigenvalue weighted by Crippen LogP contribution is 2.30. The molecule has 0 aromatic heterocycles. The average molecular weight is 189 g/mol. The topological polar surface area (TPSA) is 72.5 Å². The van der Waals surface area contributed by atoms with Gasteiger partial charge in [-0.05, 0) is 13.3 Å². The second kappa shape index (κ2) is 5.19. The van der Waals surface area contributed by atoms with Crippen LogP contribution in [0.2, 0.25) is 0 Å². The monoisotopic (exact) mass is 189 g/mol. The summed E-state index contributed by atoms with van der Waals surface area (Å²) in [5, 5.41) is 8.74. The number of hydrogen-bond acceptors (Lipinski definition) is 3. The fourth-order valence-corrected chi connectivity index (χ4v) is 1.48. The van der Waals surface area contributed by atoms with E-state index in [2.05, 4.69) is 0 Å². The maximum atomic E-state index is 10.6. The van der Waals surface area contributed by atoms with Gasteiger partial charge in [0.15, 0.2) is 0 Å². The van der Waals surface area contributed by atoms with Crippen LogP contribution in [0.5, 0.6) is 0 Å². The lowest BCUT2D eigenvalue weighted by Crippen LogP contribution is -2.44. The molecule has 0 radical (unpaired) electrons. The van der Waals surface area contributed by atoms with Gasteiger partial charge in [-0.3, -0.25) is 4.79 Å². The van der Waals surface area contributed by atoms with Gasteiger partial charge in [0.25, 0.3) is 0 Å². The quantitative estimate of drug-likeness (QED) is 0.649. The Bertz CT molecular complexity index is 170. The van der Waals surface area contributed by atoms with Crippen molar-refractivity contribution in [3.8, 4) is 0 Å². The summed E-state index contributed by atoms with van der Waals surface area (Å²) >= 11 is 0. The van der Waals surface area contributed by atoms with Crippen LogP contribution in [0.1, 0.15) is 26.7 Å². The molecule has 0 rings (SSSR count). The maximum Gasteiger partial charge on any atom is 0.304 e. The molecule has 2 unspecified atom stereocenters. The number of carbonyl (C=O) groups is 1. The lowest BCUT2D eigenvalue weighted by Gasteiger charge is -2.34. The molecule has 0 aromatic carbocycles. The fraction of sp³-hybridized carbons (Fsp3) is 0.889. The summed E-state index contributed by atoms with van der Waals surface area (Å²) < 4.78 is 5.02. The Labute approximate surface area is 79.1 Å². The zero-order chi connectivity index (χ0) is 10.5. The van der Waals surface area contributed by atoms with Crippen LogP contribution in [-0.4, -0.2) is 30.8 Å². The average Bonchev–Trinajstić information content (AvgIpc) is 2.02. The number of aliphatic carboxylic acids is 1. The first-order valence-corrected chi connectivity index (χ1v) is 4.45. The largest absolute Gasteiger partial charge is 0.481 e. The summed E-state index contributed by atoms with van der Waals surface area (Å²) in [6, 6.07) is -0.173. The molecule has 0 amide bonds. The molecule has 0 aliphatic heterocycles. The van der Waals surface area contributed by atoms with Crippen molar-refractivity contribution in [3.05, 3.63) is 0 Å². The lowest BCUT2D eigenvalue weighted by atomic mass is 9.77. The van der Waals surface area contributed by atoms with Crippen molar-refractivity contribution in [2.24, 2.45) is 11.1 Å². The highest BCUT2D eigenvalue weighted by Gasteiger charge is 2.34. The van der Waals surface area contributed by atoms with Crippen molar-refractivity contribution in [2.75, 3.05) is 13.7 Å². The van der Waals surface area contributed by atoms with E-state index in [4.69, 9.17) is 15.6 Å². The Hall–Kier alpha value is -0.610. The highest BCUT2D eigenvalue weighted by atomic mass is 16.5. The molecular formula is C9H19NO3. The van der Waals surface area contributed by atoms with Crippen LogP contribution in [0.15, 0.2) is 0 Å². The van der Waals surface area contributed by atoms with Crippen LogP contribution in [0.3, 0.4) is 0 Å². The standard InChI is InChI=1S/C9H19NO3/c1-4-9(6-13-3,7(2)10)5-8(11)12/h7H,4-6,10H2,1-3H3,(H,11,12).